The van der Waals surface area contributed by atoms with Crippen LogP contribution < -0.4 is 5.56 Å². The number of hydrogen-bond donors (Lipinski definition) is 0. The van der Waals surface area contributed by atoms with Crippen LogP contribution in [-0.2, 0) is 13.2 Å². The van der Waals surface area contributed by atoms with Crippen molar-refractivity contribution in [3.05, 3.63) is 49.6 Å². The molecule has 0 aliphatic heterocycles. The van der Waals surface area contributed by atoms with Gasteiger partial charge in [-0.25, -0.2) is 9.37 Å². The van der Waals surface area contributed by atoms with Gasteiger partial charge in [0, 0.05) is 12.6 Å². The highest BCUT2D eigenvalue weighted by molar-refractivity contribution is 7.22. The van der Waals surface area contributed by atoms with E-state index in [1.807, 2.05) is 0 Å². The van der Waals surface area contributed by atoms with Gasteiger partial charge in [-0.15, -0.1) is 11.3 Å². The summed E-state index contributed by atoms with van der Waals surface area (Å²) in [5.41, 5.74) is -2.34. The standard InChI is InChI=1S/C14H6Cl2F4N2OS/c1-22-8(14(18,19)20)3-2-5(12(22)23)9-7(17)4-6(15)10-11(9)24-13(16)21-10/h2-4H,1H3. The van der Waals surface area contributed by atoms with Gasteiger partial charge in [0.05, 0.1) is 15.3 Å². The molecule has 0 saturated heterocycles. The van der Waals surface area contributed by atoms with Gasteiger partial charge in [0.15, 0.2) is 4.47 Å². The Bertz CT molecular complexity index is 1030. The smallest absolute Gasteiger partial charge is 0.307 e. The van der Waals surface area contributed by atoms with Gasteiger partial charge in [0.2, 0.25) is 0 Å². The minimum absolute atomic E-state index is 0.00173. The van der Waals surface area contributed by atoms with Gasteiger partial charge in [0.1, 0.15) is 17.0 Å². The third-order valence-electron chi connectivity index (χ3n) is 3.41. The first-order valence-electron chi connectivity index (χ1n) is 6.33. The largest absolute Gasteiger partial charge is 0.431 e. The first-order valence-corrected chi connectivity index (χ1v) is 7.90. The lowest BCUT2D eigenvalue weighted by Crippen LogP contribution is -2.26. The van der Waals surface area contributed by atoms with E-state index in [2.05, 4.69) is 4.98 Å². The molecule has 3 aromatic rings. The number of alkyl halides is 3. The van der Waals surface area contributed by atoms with E-state index >= 15 is 0 Å². The number of thiazole rings is 1. The lowest BCUT2D eigenvalue weighted by molar-refractivity contribution is -0.143. The molecule has 0 N–H and O–H groups in total. The Labute approximate surface area is 146 Å². The van der Waals surface area contributed by atoms with Crippen molar-refractivity contribution in [3.8, 4) is 11.1 Å². The minimum Gasteiger partial charge on any atom is -0.307 e. The van der Waals surface area contributed by atoms with E-state index < -0.39 is 23.2 Å². The van der Waals surface area contributed by atoms with Crippen LogP contribution in [-0.4, -0.2) is 9.55 Å². The zero-order valence-corrected chi connectivity index (χ0v) is 14.0. The molecule has 0 spiro atoms. The molecule has 0 aliphatic carbocycles. The van der Waals surface area contributed by atoms with Gasteiger partial charge in [0.25, 0.3) is 5.56 Å². The maximum Gasteiger partial charge on any atom is 0.431 e. The van der Waals surface area contributed by atoms with E-state index in [0.29, 0.717) is 4.57 Å². The lowest BCUT2D eigenvalue weighted by atomic mass is 10.1. The number of nitrogens with zero attached hydrogens (tertiary/aromatic N) is 2. The molecule has 0 amide bonds. The fourth-order valence-electron chi connectivity index (χ4n) is 2.35. The number of halogens is 6. The maximum absolute atomic E-state index is 14.4. The Balaban J connectivity index is 2.37. The third-order valence-corrected chi connectivity index (χ3v) is 4.88. The maximum atomic E-state index is 14.4. The highest BCUT2D eigenvalue weighted by Gasteiger charge is 2.34. The van der Waals surface area contributed by atoms with Crippen LogP contribution in [0, 0.1) is 5.82 Å². The Morgan fingerprint density at radius 1 is 1.25 bits per heavy atom. The molecule has 0 saturated carbocycles. The Hall–Kier alpha value is -1.64. The summed E-state index contributed by atoms with van der Waals surface area (Å²) in [4.78, 5) is 16.3. The molecule has 126 valence electrons. The van der Waals surface area contributed by atoms with Gasteiger partial charge >= 0.3 is 6.18 Å². The summed E-state index contributed by atoms with van der Waals surface area (Å²) in [5.74, 6) is -0.843. The van der Waals surface area contributed by atoms with Crippen LogP contribution in [0.1, 0.15) is 5.69 Å². The van der Waals surface area contributed by atoms with Crippen molar-refractivity contribution in [3.63, 3.8) is 0 Å². The van der Waals surface area contributed by atoms with E-state index in [1.165, 1.54) is 0 Å². The van der Waals surface area contributed by atoms with Crippen LogP contribution >= 0.6 is 34.5 Å². The molecule has 0 bridgehead atoms. The molecule has 10 heteroatoms. The lowest BCUT2D eigenvalue weighted by Gasteiger charge is -2.13. The van der Waals surface area contributed by atoms with E-state index in [1.54, 1.807) is 0 Å². The quantitative estimate of drug-likeness (QED) is 0.534. The number of fused-ring (bicyclic) bond motifs is 1. The normalized spacial score (nSPS) is 12.1. The highest BCUT2D eigenvalue weighted by Crippen LogP contribution is 2.39. The average molecular weight is 397 g/mol. The predicted octanol–water partition coefficient (Wildman–Crippen LogP) is 5.13. The second kappa shape index (κ2) is 5.72. The van der Waals surface area contributed by atoms with Gasteiger partial charge < -0.3 is 4.57 Å². The number of pyridine rings is 1. The molecule has 2 heterocycles. The fourth-order valence-corrected chi connectivity index (χ4v) is 3.82. The summed E-state index contributed by atoms with van der Waals surface area (Å²) in [6.45, 7) is 0. The fraction of sp³-hybridized carbons (Fsp3) is 0.143. The van der Waals surface area contributed by atoms with Gasteiger partial charge in [-0.3, -0.25) is 4.79 Å². The molecule has 2 aromatic heterocycles. The summed E-state index contributed by atoms with van der Waals surface area (Å²) < 4.78 is 53.7. The zero-order chi connectivity index (χ0) is 17.8. The van der Waals surface area contributed by atoms with Crippen LogP contribution in [0.4, 0.5) is 17.6 Å². The average Bonchev–Trinajstić information content (AvgIpc) is 2.84. The topological polar surface area (TPSA) is 34.9 Å². The molecular weight excluding hydrogens is 391 g/mol. The summed E-state index contributed by atoms with van der Waals surface area (Å²) in [5, 5.41) is -0.00173. The first kappa shape index (κ1) is 17.2. The highest BCUT2D eigenvalue weighted by atomic mass is 35.5. The number of rotatable bonds is 1. The monoisotopic (exact) mass is 396 g/mol. The van der Waals surface area contributed by atoms with Crippen LogP contribution in [0.15, 0.2) is 23.0 Å². The molecular formula is C14H6Cl2F4N2OS. The molecule has 3 nitrogen and oxygen atoms in total. The molecule has 0 aliphatic rings. The zero-order valence-electron chi connectivity index (χ0n) is 11.7. The summed E-state index contributed by atoms with van der Waals surface area (Å²) >= 11 is 12.6. The van der Waals surface area contributed by atoms with Crippen molar-refractivity contribution in [2.45, 2.75) is 6.18 Å². The summed E-state index contributed by atoms with van der Waals surface area (Å²) in [6, 6.07) is 2.61. The van der Waals surface area contributed by atoms with Crippen molar-refractivity contribution < 1.29 is 17.6 Å². The molecule has 0 atom stereocenters. The third kappa shape index (κ3) is 2.68. The van der Waals surface area contributed by atoms with E-state index in [0.717, 1.165) is 36.6 Å². The summed E-state index contributed by atoms with van der Waals surface area (Å²) in [6.07, 6.45) is -4.70. The molecule has 0 fully saturated rings. The van der Waals surface area contributed by atoms with E-state index in [-0.39, 0.29) is 30.8 Å². The van der Waals surface area contributed by atoms with Crippen molar-refractivity contribution >= 4 is 44.8 Å². The molecule has 0 radical (unpaired) electrons. The number of benzene rings is 1. The molecule has 0 unspecified atom stereocenters. The first-order chi connectivity index (χ1) is 11.1. The van der Waals surface area contributed by atoms with Crippen LogP contribution in [0.3, 0.4) is 0 Å². The second-order valence-electron chi connectivity index (χ2n) is 4.85. The number of hydrogen-bond acceptors (Lipinski definition) is 3. The van der Waals surface area contributed by atoms with E-state index in [4.69, 9.17) is 23.2 Å². The van der Waals surface area contributed by atoms with Crippen LogP contribution in [0.25, 0.3) is 21.3 Å². The summed E-state index contributed by atoms with van der Waals surface area (Å²) in [7, 11) is 0.972. The SMILES string of the molecule is Cn1c(C(F)(F)F)ccc(-c2c(F)cc(Cl)c3nc(Cl)sc23)c1=O. The van der Waals surface area contributed by atoms with Crippen LogP contribution in [0.2, 0.25) is 9.49 Å². The van der Waals surface area contributed by atoms with Crippen molar-refractivity contribution in [2.75, 3.05) is 0 Å². The molecule has 24 heavy (non-hydrogen) atoms. The number of aromatic nitrogens is 2. The molecule has 1 aromatic carbocycles. The van der Waals surface area contributed by atoms with E-state index in [9.17, 15) is 22.4 Å². The Morgan fingerprint density at radius 3 is 2.54 bits per heavy atom. The van der Waals surface area contributed by atoms with Crippen molar-refractivity contribution in [1.82, 2.24) is 9.55 Å². The predicted molar refractivity (Wildman–Crippen MR) is 85.3 cm³/mol. The molecule has 3 rings (SSSR count). The van der Waals surface area contributed by atoms with Crippen molar-refractivity contribution in [2.24, 2.45) is 7.05 Å². The van der Waals surface area contributed by atoms with Gasteiger partial charge in [-0.2, -0.15) is 13.2 Å². The van der Waals surface area contributed by atoms with Gasteiger partial charge in [-0.05, 0) is 18.2 Å². The minimum atomic E-state index is -4.70. The van der Waals surface area contributed by atoms with Crippen LogP contribution in [0.5, 0.6) is 0 Å². The Kier molecular flexibility index (Phi) is 4.09. The van der Waals surface area contributed by atoms with Gasteiger partial charge in [-0.1, -0.05) is 23.2 Å². The Morgan fingerprint density at radius 2 is 1.92 bits per heavy atom. The van der Waals surface area contributed by atoms with Crippen molar-refractivity contribution in [1.29, 1.82) is 0 Å². The second-order valence-corrected chi connectivity index (χ2v) is 6.84.